The molecule has 0 N–H and O–H groups in total. The van der Waals surface area contributed by atoms with Gasteiger partial charge in [0.15, 0.2) is 4.80 Å². The van der Waals surface area contributed by atoms with E-state index in [2.05, 4.69) is 93.9 Å². The molecule has 0 amide bonds. The molecule has 7 rings (SSSR count). The van der Waals surface area contributed by atoms with Crippen molar-refractivity contribution in [2.75, 3.05) is 0 Å². The molecule has 0 saturated heterocycles. The van der Waals surface area contributed by atoms with Gasteiger partial charge in [0.25, 0.3) is 5.56 Å². The predicted molar refractivity (Wildman–Crippen MR) is 159 cm³/mol. The predicted octanol–water partition coefficient (Wildman–Crippen LogP) is 6.22. The van der Waals surface area contributed by atoms with E-state index in [1.165, 1.54) is 28.0 Å². The topological polar surface area (TPSA) is 39.3 Å². The quantitative estimate of drug-likeness (QED) is 0.234. The van der Waals surface area contributed by atoms with E-state index in [1.54, 1.807) is 0 Å². The molecule has 1 atom stereocenters. The SMILES string of the molecule is C=CCn1cc(/C=c2/sc3n(c2=O)[C@@H](c2ccc(Br)cc2)C2=C(N=3)c3ccccc3CC2)c2ccccc21. The molecule has 5 aromatic rings. The number of aromatic nitrogens is 2. The lowest BCUT2D eigenvalue weighted by Gasteiger charge is -2.30. The van der Waals surface area contributed by atoms with Gasteiger partial charge in [0.05, 0.1) is 16.3 Å². The monoisotopic (exact) mass is 577 g/mol. The first-order valence-corrected chi connectivity index (χ1v) is 14.3. The summed E-state index contributed by atoms with van der Waals surface area (Å²) >= 11 is 5.05. The van der Waals surface area contributed by atoms with E-state index in [1.807, 2.05) is 28.9 Å². The molecule has 3 heterocycles. The zero-order valence-electron chi connectivity index (χ0n) is 20.6. The van der Waals surface area contributed by atoms with E-state index < -0.39 is 0 Å². The maximum Gasteiger partial charge on any atom is 0.271 e. The molecular weight excluding hydrogens is 554 g/mol. The average Bonchev–Trinajstić information content (AvgIpc) is 3.45. The van der Waals surface area contributed by atoms with Gasteiger partial charge in [-0.25, -0.2) is 4.99 Å². The number of allylic oxidation sites excluding steroid dienone is 2. The van der Waals surface area contributed by atoms with Gasteiger partial charge in [0.2, 0.25) is 0 Å². The van der Waals surface area contributed by atoms with Crippen LogP contribution in [0.4, 0.5) is 0 Å². The van der Waals surface area contributed by atoms with Crippen molar-refractivity contribution in [1.29, 1.82) is 0 Å². The lowest BCUT2D eigenvalue weighted by Crippen LogP contribution is -2.38. The summed E-state index contributed by atoms with van der Waals surface area (Å²) in [7, 11) is 0. The number of hydrogen-bond acceptors (Lipinski definition) is 3. The van der Waals surface area contributed by atoms with Gasteiger partial charge < -0.3 is 4.57 Å². The van der Waals surface area contributed by atoms with Crippen molar-refractivity contribution in [1.82, 2.24) is 9.13 Å². The molecule has 3 aromatic carbocycles. The van der Waals surface area contributed by atoms with Crippen molar-refractivity contribution < 1.29 is 0 Å². The molecule has 0 bridgehead atoms. The first kappa shape index (κ1) is 23.4. The van der Waals surface area contributed by atoms with Crippen molar-refractivity contribution in [3.05, 3.63) is 144 Å². The zero-order chi connectivity index (χ0) is 25.8. The molecule has 0 radical (unpaired) electrons. The molecule has 0 saturated carbocycles. The summed E-state index contributed by atoms with van der Waals surface area (Å²) < 4.78 is 5.80. The Morgan fingerprint density at radius 1 is 1.03 bits per heavy atom. The molecule has 2 aromatic heterocycles. The van der Waals surface area contributed by atoms with Crippen LogP contribution in [0.25, 0.3) is 22.7 Å². The second-order valence-electron chi connectivity index (χ2n) is 9.71. The van der Waals surface area contributed by atoms with Gasteiger partial charge >= 0.3 is 0 Å². The van der Waals surface area contributed by atoms with Crippen molar-refractivity contribution in [3.63, 3.8) is 0 Å². The van der Waals surface area contributed by atoms with Crippen LogP contribution in [0.2, 0.25) is 0 Å². The van der Waals surface area contributed by atoms with Gasteiger partial charge in [-0.3, -0.25) is 9.36 Å². The van der Waals surface area contributed by atoms with E-state index in [-0.39, 0.29) is 11.6 Å². The number of benzene rings is 3. The summed E-state index contributed by atoms with van der Waals surface area (Å²) in [6.45, 7) is 4.62. The first-order valence-electron chi connectivity index (χ1n) is 12.7. The summed E-state index contributed by atoms with van der Waals surface area (Å²) in [5.74, 6) is 0. The molecule has 0 unspecified atom stereocenters. The van der Waals surface area contributed by atoms with Gasteiger partial charge in [0, 0.05) is 39.2 Å². The molecule has 4 nitrogen and oxygen atoms in total. The minimum Gasteiger partial charge on any atom is -0.343 e. The zero-order valence-corrected chi connectivity index (χ0v) is 23.0. The molecule has 2 aliphatic rings. The minimum absolute atomic E-state index is 0.00706. The number of aryl methyl sites for hydroxylation is 1. The molecule has 0 spiro atoms. The van der Waals surface area contributed by atoms with Crippen LogP contribution >= 0.6 is 27.3 Å². The van der Waals surface area contributed by atoms with Crippen LogP contribution in [0.3, 0.4) is 0 Å². The van der Waals surface area contributed by atoms with Gasteiger partial charge in [-0.05, 0) is 53.8 Å². The second kappa shape index (κ2) is 9.22. The van der Waals surface area contributed by atoms with Crippen LogP contribution in [0, 0.1) is 0 Å². The fraction of sp³-hybridized carbons (Fsp3) is 0.125. The maximum atomic E-state index is 14.1. The number of rotatable bonds is 4. The number of nitrogens with zero attached hydrogens (tertiary/aromatic N) is 3. The second-order valence-corrected chi connectivity index (χ2v) is 11.6. The number of fused-ring (bicyclic) bond motifs is 4. The Hall–Kier alpha value is -3.74. The average molecular weight is 579 g/mol. The molecule has 1 aliphatic heterocycles. The Labute approximate surface area is 232 Å². The molecule has 38 heavy (non-hydrogen) atoms. The summed E-state index contributed by atoms with van der Waals surface area (Å²) in [4.78, 5) is 20.0. The first-order chi connectivity index (χ1) is 18.6. The van der Waals surface area contributed by atoms with Crippen LogP contribution in [0.15, 0.2) is 111 Å². The number of thiazole rings is 1. The highest BCUT2D eigenvalue weighted by molar-refractivity contribution is 9.10. The summed E-state index contributed by atoms with van der Waals surface area (Å²) in [6.07, 6.45) is 7.87. The Bertz CT molecular complexity index is 1960. The van der Waals surface area contributed by atoms with Gasteiger partial charge in [-0.1, -0.05) is 87.9 Å². The lowest BCUT2D eigenvalue weighted by molar-refractivity contribution is 0.585. The summed E-state index contributed by atoms with van der Waals surface area (Å²) in [5, 5.41) is 1.12. The summed E-state index contributed by atoms with van der Waals surface area (Å²) in [6, 6.07) is 25.0. The van der Waals surface area contributed by atoms with Crippen molar-refractivity contribution in [2.45, 2.75) is 25.4 Å². The van der Waals surface area contributed by atoms with Crippen LogP contribution in [-0.2, 0) is 13.0 Å². The van der Waals surface area contributed by atoms with Crippen LogP contribution in [-0.4, -0.2) is 9.13 Å². The van der Waals surface area contributed by atoms with Crippen LogP contribution in [0.1, 0.15) is 34.7 Å². The Kier molecular flexibility index (Phi) is 5.68. The van der Waals surface area contributed by atoms with E-state index in [9.17, 15) is 4.79 Å². The third kappa shape index (κ3) is 3.70. The highest BCUT2D eigenvalue weighted by Crippen LogP contribution is 2.41. The van der Waals surface area contributed by atoms with Crippen molar-refractivity contribution in [3.8, 4) is 0 Å². The molecule has 1 aliphatic carbocycles. The lowest BCUT2D eigenvalue weighted by atomic mass is 9.83. The minimum atomic E-state index is -0.174. The molecule has 0 fully saturated rings. The highest BCUT2D eigenvalue weighted by Gasteiger charge is 2.32. The van der Waals surface area contributed by atoms with E-state index in [0.29, 0.717) is 11.1 Å². The van der Waals surface area contributed by atoms with E-state index in [4.69, 9.17) is 4.99 Å². The number of hydrogen-bond donors (Lipinski definition) is 0. The van der Waals surface area contributed by atoms with E-state index in [0.717, 1.165) is 49.8 Å². The third-order valence-electron chi connectivity index (χ3n) is 7.49. The largest absolute Gasteiger partial charge is 0.343 e. The van der Waals surface area contributed by atoms with Crippen LogP contribution in [0.5, 0.6) is 0 Å². The normalized spacial score (nSPS) is 16.7. The Morgan fingerprint density at radius 3 is 2.66 bits per heavy atom. The molecular formula is C32H24BrN3OS. The van der Waals surface area contributed by atoms with Gasteiger partial charge in [0.1, 0.15) is 0 Å². The Balaban J connectivity index is 1.48. The third-order valence-corrected chi connectivity index (χ3v) is 9.00. The Morgan fingerprint density at radius 2 is 1.82 bits per heavy atom. The standard InChI is InChI=1S/C32H24BrN3OS/c1-2-17-35-19-22(24-8-5-6-10-27(24)35)18-28-31(37)36-30(21-11-14-23(33)15-12-21)26-16-13-20-7-3-4-9-25(20)29(26)34-32(36)38-28/h2-12,14-15,18-19,30H,1,13,16-17H2/b28-18+/t30-/m0/s1. The summed E-state index contributed by atoms with van der Waals surface area (Å²) in [5.41, 5.74) is 8.01. The van der Waals surface area contributed by atoms with E-state index >= 15 is 0 Å². The molecule has 186 valence electrons. The van der Waals surface area contributed by atoms with Crippen LogP contribution < -0.4 is 14.9 Å². The fourth-order valence-electron chi connectivity index (χ4n) is 5.79. The van der Waals surface area contributed by atoms with Gasteiger partial charge in [-0.2, -0.15) is 0 Å². The fourth-order valence-corrected chi connectivity index (χ4v) is 7.05. The van der Waals surface area contributed by atoms with Gasteiger partial charge in [-0.15, -0.1) is 6.58 Å². The number of para-hydroxylation sites is 1. The molecule has 6 heteroatoms. The van der Waals surface area contributed by atoms with Crippen molar-refractivity contribution in [2.24, 2.45) is 4.99 Å². The highest BCUT2D eigenvalue weighted by atomic mass is 79.9. The smallest absolute Gasteiger partial charge is 0.271 e. The van der Waals surface area contributed by atoms with Crippen molar-refractivity contribution >= 4 is 49.9 Å². The maximum absolute atomic E-state index is 14.1. The number of halogens is 1.